The van der Waals surface area contributed by atoms with Crippen molar-refractivity contribution in [2.75, 3.05) is 26.2 Å². The van der Waals surface area contributed by atoms with Gasteiger partial charge in [0.25, 0.3) is 0 Å². The standard InChI is InChI=1S/C17H29NO/c1-5-18(6-2)10-8-7-9-11-19-17-13-15(3)12-16(4)14-17/h12-14H,5-11H2,1-4H3. The highest BCUT2D eigenvalue weighted by atomic mass is 16.5. The van der Waals surface area contributed by atoms with Crippen molar-refractivity contribution >= 4 is 0 Å². The maximum Gasteiger partial charge on any atom is 0.119 e. The van der Waals surface area contributed by atoms with Crippen LogP contribution in [0.1, 0.15) is 44.2 Å². The van der Waals surface area contributed by atoms with Crippen molar-refractivity contribution in [1.82, 2.24) is 4.90 Å². The summed E-state index contributed by atoms with van der Waals surface area (Å²) in [5, 5.41) is 0. The van der Waals surface area contributed by atoms with E-state index in [4.69, 9.17) is 4.74 Å². The van der Waals surface area contributed by atoms with Crippen LogP contribution in [0.3, 0.4) is 0 Å². The van der Waals surface area contributed by atoms with Crippen molar-refractivity contribution in [3.8, 4) is 5.75 Å². The minimum absolute atomic E-state index is 0.834. The molecule has 0 spiro atoms. The first-order valence-corrected chi connectivity index (χ1v) is 7.59. The topological polar surface area (TPSA) is 12.5 Å². The van der Waals surface area contributed by atoms with E-state index >= 15 is 0 Å². The van der Waals surface area contributed by atoms with Crippen molar-refractivity contribution in [2.45, 2.75) is 47.0 Å². The number of nitrogens with zero attached hydrogens (tertiary/aromatic N) is 1. The molecule has 0 aliphatic rings. The summed E-state index contributed by atoms with van der Waals surface area (Å²) in [4.78, 5) is 2.48. The number of hydrogen-bond donors (Lipinski definition) is 0. The van der Waals surface area contributed by atoms with E-state index in [0.717, 1.165) is 31.9 Å². The molecular weight excluding hydrogens is 234 g/mol. The van der Waals surface area contributed by atoms with Gasteiger partial charge in [-0.1, -0.05) is 19.9 Å². The largest absolute Gasteiger partial charge is 0.494 e. The SMILES string of the molecule is CCN(CC)CCCCCOc1cc(C)cc(C)c1. The molecule has 0 N–H and O–H groups in total. The zero-order valence-electron chi connectivity index (χ0n) is 13.0. The molecule has 1 aromatic carbocycles. The Morgan fingerprint density at radius 2 is 1.53 bits per heavy atom. The zero-order chi connectivity index (χ0) is 14.1. The van der Waals surface area contributed by atoms with Gasteiger partial charge in [-0.05, 0) is 76.0 Å². The number of aryl methyl sites for hydroxylation is 2. The van der Waals surface area contributed by atoms with Crippen LogP contribution in [-0.4, -0.2) is 31.1 Å². The second-order valence-electron chi connectivity index (χ2n) is 5.26. The van der Waals surface area contributed by atoms with E-state index in [-0.39, 0.29) is 0 Å². The summed E-state index contributed by atoms with van der Waals surface area (Å²) in [5.41, 5.74) is 2.55. The van der Waals surface area contributed by atoms with E-state index in [0.29, 0.717) is 0 Å². The third kappa shape index (κ3) is 6.63. The van der Waals surface area contributed by atoms with Crippen LogP contribution in [0.4, 0.5) is 0 Å². The summed E-state index contributed by atoms with van der Waals surface area (Å²) >= 11 is 0. The predicted molar refractivity (Wildman–Crippen MR) is 83.1 cm³/mol. The monoisotopic (exact) mass is 263 g/mol. The maximum atomic E-state index is 5.81. The molecule has 108 valence electrons. The lowest BCUT2D eigenvalue weighted by Gasteiger charge is -2.17. The van der Waals surface area contributed by atoms with Gasteiger partial charge < -0.3 is 9.64 Å². The second kappa shape index (κ2) is 8.98. The number of benzene rings is 1. The van der Waals surface area contributed by atoms with E-state index in [2.05, 4.69) is 50.8 Å². The van der Waals surface area contributed by atoms with Gasteiger partial charge in [0.05, 0.1) is 6.61 Å². The van der Waals surface area contributed by atoms with Gasteiger partial charge >= 0.3 is 0 Å². The first-order chi connectivity index (χ1) is 9.15. The van der Waals surface area contributed by atoms with Crippen LogP contribution in [0.25, 0.3) is 0 Å². The quantitative estimate of drug-likeness (QED) is 0.619. The molecule has 2 nitrogen and oxygen atoms in total. The van der Waals surface area contributed by atoms with E-state index < -0.39 is 0 Å². The fourth-order valence-corrected chi connectivity index (χ4v) is 2.36. The lowest BCUT2D eigenvalue weighted by Crippen LogP contribution is -2.23. The van der Waals surface area contributed by atoms with E-state index in [1.165, 1.54) is 30.5 Å². The Bertz CT molecular complexity index is 338. The maximum absolute atomic E-state index is 5.81. The third-order valence-electron chi connectivity index (χ3n) is 3.48. The lowest BCUT2D eigenvalue weighted by atomic mass is 10.1. The Balaban J connectivity index is 2.14. The molecule has 19 heavy (non-hydrogen) atoms. The number of ether oxygens (including phenoxy) is 1. The van der Waals surface area contributed by atoms with Crippen LogP contribution in [-0.2, 0) is 0 Å². The van der Waals surface area contributed by atoms with Gasteiger partial charge in [0.2, 0.25) is 0 Å². The molecule has 0 aromatic heterocycles. The normalized spacial score (nSPS) is 11.0. The molecule has 0 amide bonds. The van der Waals surface area contributed by atoms with Crippen LogP contribution in [0.5, 0.6) is 5.75 Å². The predicted octanol–water partition coefficient (Wildman–Crippen LogP) is 4.19. The highest BCUT2D eigenvalue weighted by Crippen LogP contribution is 2.16. The molecule has 1 aromatic rings. The molecule has 0 aliphatic carbocycles. The fourth-order valence-electron chi connectivity index (χ4n) is 2.36. The summed E-state index contributed by atoms with van der Waals surface area (Å²) in [5.74, 6) is 1.02. The molecule has 0 fully saturated rings. The van der Waals surface area contributed by atoms with Crippen molar-refractivity contribution < 1.29 is 4.74 Å². The van der Waals surface area contributed by atoms with E-state index in [1.54, 1.807) is 0 Å². The van der Waals surface area contributed by atoms with Gasteiger partial charge in [-0.25, -0.2) is 0 Å². The Morgan fingerprint density at radius 1 is 0.895 bits per heavy atom. The highest BCUT2D eigenvalue weighted by molar-refractivity contribution is 5.32. The average Bonchev–Trinajstić information content (AvgIpc) is 2.37. The molecular formula is C17H29NO. The van der Waals surface area contributed by atoms with E-state index in [9.17, 15) is 0 Å². The summed E-state index contributed by atoms with van der Waals surface area (Å²) in [7, 11) is 0. The molecule has 0 bridgehead atoms. The van der Waals surface area contributed by atoms with Crippen molar-refractivity contribution in [2.24, 2.45) is 0 Å². The van der Waals surface area contributed by atoms with Crippen molar-refractivity contribution in [3.05, 3.63) is 29.3 Å². The molecule has 2 heteroatoms. The Morgan fingerprint density at radius 3 is 2.11 bits per heavy atom. The van der Waals surface area contributed by atoms with Crippen LogP contribution >= 0.6 is 0 Å². The highest BCUT2D eigenvalue weighted by Gasteiger charge is 1.99. The molecule has 0 unspecified atom stereocenters. The van der Waals surface area contributed by atoms with Gasteiger partial charge in [-0.2, -0.15) is 0 Å². The van der Waals surface area contributed by atoms with Gasteiger partial charge in [0, 0.05) is 0 Å². The van der Waals surface area contributed by atoms with Crippen LogP contribution < -0.4 is 4.74 Å². The van der Waals surface area contributed by atoms with Crippen LogP contribution in [0.15, 0.2) is 18.2 Å². The first-order valence-electron chi connectivity index (χ1n) is 7.59. The Labute approximate surface area is 118 Å². The van der Waals surface area contributed by atoms with Gasteiger partial charge in [-0.3, -0.25) is 0 Å². The number of hydrogen-bond acceptors (Lipinski definition) is 2. The first kappa shape index (κ1) is 16.0. The summed E-state index contributed by atoms with van der Waals surface area (Å²) in [6.07, 6.45) is 3.67. The van der Waals surface area contributed by atoms with Gasteiger partial charge in [-0.15, -0.1) is 0 Å². The van der Waals surface area contributed by atoms with Crippen molar-refractivity contribution in [3.63, 3.8) is 0 Å². The molecule has 0 atom stereocenters. The Hall–Kier alpha value is -1.02. The average molecular weight is 263 g/mol. The molecule has 0 saturated carbocycles. The van der Waals surface area contributed by atoms with Crippen LogP contribution in [0.2, 0.25) is 0 Å². The smallest absolute Gasteiger partial charge is 0.119 e. The second-order valence-corrected chi connectivity index (χ2v) is 5.26. The molecule has 0 saturated heterocycles. The number of rotatable bonds is 9. The minimum Gasteiger partial charge on any atom is -0.494 e. The van der Waals surface area contributed by atoms with Crippen LogP contribution in [0, 0.1) is 13.8 Å². The summed E-state index contributed by atoms with van der Waals surface area (Å²) < 4.78 is 5.81. The minimum atomic E-state index is 0.834. The number of unbranched alkanes of at least 4 members (excludes halogenated alkanes) is 2. The van der Waals surface area contributed by atoms with E-state index in [1.807, 2.05) is 0 Å². The summed E-state index contributed by atoms with van der Waals surface area (Å²) in [6.45, 7) is 13.1. The third-order valence-corrected chi connectivity index (χ3v) is 3.48. The Kier molecular flexibility index (Phi) is 7.57. The molecule has 0 heterocycles. The summed E-state index contributed by atoms with van der Waals surface area (Å²) in [6, 6.07) is 6.41. The molecule has 1 rings (SSSR count). The lowest BCUT2D eigenvalue weighted by molar-refractivity contribution is 0.277. The molecule has 0 aliphatic heterocycles. The molecule has 0 radical (unpaired) electrons. The fraction of sp³-hybridized carbons (Fsp3) is 0.647. The van der Waals surface area contributed by atoms with Gasteiger partial charge in [0.1, 0.15) is 5.75 Å². The zero-order valence-corrected chi connectivity index (χ0v) is 13.0. The van der Waals surface area contributed by atoms with Crippen molar-refractivity contribution in [1.29, 1.82) is 0 Å². The van der Waals surface area contributed by atoms with Gasteiger partial charge in [0.15, 0.2) is 0 Å².